The average Bonchev–Trinajstić information content (AvgIpc) is 2.29. The van der Waals surface area contributed by atoms with Crippen molar-refractivity contribution in [2.24, 2.45) is 0 Å². The van der Waals surface area contributed by atoms with Crippen LogP contribution in [0.3, 0.4) is 0 Å². The molecule has 1 aromatic rings. The Balaban J connectivity index is 2.66. The van der Waals surface area contributed by atoms with E-state index in [1.807, 2.05) is 6.07 Å². The van der Waals surface area contributed by atoms with Gasteiger partial charge in [0.1, 0.15) is 5.75 Å². The molecule has 1 unspecified atom stereocenters. The molecule has 0 fully saturated rings. The fourth-order valence-electron chi connectivity index (χ4n) is 1.27. The maximum atomic E-state index is 12.0. The predicted molar refractivity (Wildman–Crippen MR) is 70.4 cm³/mol. The summed E-state index contributed by atoms with van der Waals surface area (Å²) in [5.74, 6) is -0.623. The number of carbonyl (C=O) groups excluding carboxylic acids is 1. The summed E-state index contributed by atoms with van der Waals surface area (Å²) in [7, 11) is -1.59. The normalized spacial score (nSPS) is 11.6. The first-order chi connectivity index (χ1) is 8.56. The molecule has 0 saturated carbocycles. The Labute approximate surface area is 112 Å². The van der Waals surface area contributed by atoms with Gasteiger partial charge in [0.05, 0.1) is 33.2 Å². The second-order valence-corrected chi connectivity index (χ2v) is 5.20. The third-order valence-corrected chi connectivity index (χ3v) is 3.91. The average molecular weight is 286 g/mol. The number of hydrogen-bond donors (Lipinski definition) is 2. The zero-order valence-electron chi connectivity index (χ0n) is 9.48. The molecule has 0 aliphatic heterocycles. The highest BCUT2D eigenvalue weighted by Crippen LogP contribution is 2.25. The van der Waals surface area contributed by atoms with E-state index < -0.39 is 16.7 Å². The van der Waals surface area contributed by atoms with Crippen molar-refractivity contribution >= 4 is 34.0 Å². The molecule has 0 spiro atoms. The van der Waals surface area contributed by atoms with Crippen LogP contribution in [-0.4, -0.2) is 22.4 Å². The maximum absolute atomic E-state index is 12.0. The quantitative estimate of drug-likeness (QED) is 0.624. The topological polar surface area (TPSA) is 96.0 Å². The molecule has 0 aromatic heterocycles. The van der Waals surface area contributed by atoms with Crippen LogP contribution in [0.4, 0.5) is 5.69 Å². The van der Waals surface area contributed by atoms with E-state index >= 15 is 0 Å². The lowest BCUT2D eigenvalue weighted by molar-refractivity contribution is -0.118. The van der Waals surface area contributed by atoms with Gasteiger partial charge in [0.2, 0.25) is 5.91 Å². The Morgan fingerprint density at radius 1 is 1.56 bits per heavy atom. The molecular weight excluding hydrogens is 274 g/mol. The maximum Gasteiger partial charge on any atom is 0.233 e. The number of nitrogens with two attached hydrogens (primary N) is 1. The highest BCUT2D eigenvalue weighted by Gasteiger charge is 2.15. The molecule has 0 aliphatic carbocycles. The van der Waals surface area contributed by atoms with Crippen molar-refractivity contribution in [1.82, 2.24) is 5.32 Å². The molecule has 0 heterocycles. The molecular formula is C11H12ClN3O2S. The molecule has 0 bridgehead atoms. The molecule has 96 valence electrons. The van der Waals surface area contributed by atoms with Crippen molar-refractivity contribution in [3.05, 3.63) is 23.2 Å². The van der Waals surface area contributed by atoms with Gasteiger partial charge in [-0.15, -0.1) is 0 Å². The van der Waals surface area contributed by atoms with Crippen LogP contribution in [0, 0.1) is 11.3 Å². The smallest absolute Gasteiger partial charge is 0.233 e. The number of anilines is 1. The lowest BCUT2D eigenvalue weighted by Crippen LogP contribution is -2.29. The highest BCUT2D eigenvalue weighted by atomic mass is 35.5. The van der Waals surface area contributed by atoms with Crippen molar-refractivity contribution in [2.75, 3.05) is 18.0 Å². The Morgan fingerprint density at radius 3 is 2.89 bits per heavy atom. The number of hydrogen-bond acceptors (Lipinski definition) is 4. The molecule has 5 nitrogen and oxygen atoms in total. The summed E-state index contributed by atoms with van der Waals surface area (Å²) in [6.07, 6.45) is 0.215. The summed E-state index contributed by atoms with van der Waals surface area (Å²) < 4.78 is 12.0. The minimum atomic E-state index is -1.59. The van der Waals surface area contributed by atoms with E-state index in [-0.39, 0.29) is 28.6 Å². The van der Waals surface area contributed by atoms with Crippen LogP contribution in [-0.2, 0) is 15.6 Å². The molecule has 1 aromatic carbocycles. The van der Waals surface area contributed by atoms with Gasteiger partial charge in [-0.3, -0.25) is 9.00 Å². The van der Waals surface area contributed by atoms with Crippen molar-refractivity contribution in [3.8, 4) is 6.07 Å². The van der Waals surface area contributed by atoms with Crippen molar-refractivity contribution in [1.29, 1.82) is 5.26 Å². The second kappa shape index (κ2) is 6.99. The van der Waals surface area contributed by atoms with Gasteiger partial charge in [-0.05, 0) is 12.1 Å². The molecule has 0 radical (unpaired) electrons. The van der Waals surface area contributed by atoms with Crippen molar-refractivity contribution in [2.45, 2.75) is 11.3 Å². The van der Waals surface area contributed by atoms with Gasteiger partial charge in [-0.1, -0.05) is 17.7 Å². The lowest BCUT2D eigenvalue weighted by Gasteiger charge is -2.07. The van der Waals surface area contributed by atoms with E-state index in [0.29, 0.717) is 5.69 Å². The first-order valence-electron chi connectivity index (χ1n) is 5.12. The summed E-state index contributed by atoms with van der Waals surface area (Å²) >= 11 is 5.89. The van der Waals surface area contributed by atoms with Gasteiger partial charge in [0.15, 0.2) is 0 Å². The SMILES string of the molecule is N#CCCNC(=O)CS(=O)c1c(N)cccc1Cl. The predicted octanol–water partition coefficient (Wildman–Crippen LogP) is 1.06. The largest absolute Gasteiger partial charge is 0.398 e. The molecule has 3 N–H and O–H groups in total. The molecule has 1 atom stereocenters. The van der Waals surface area contributed by atoms with Crippen LogP contribution < -0.4 is 11.1 Å². The number of nitrogens with zero attached hydrogens (tertiary/aromatic N) is 1. The van der Waals surface area contributed by atoms with Crippen LogP contribution >= 0.6 is 11.6 Å². The minimum Gasteiger partial charge on any atom is -0.398 e. The van der Waals surface area contributed by atoms with Crippen LogP contribution in [0.15, 0.2) is 23.1 Å². The van der Waals surface area contributed by atoms with Crippen LogP contribution in [0.2, 0.25) is 5.02 Å². The van der Waals surface area contributed by atoms with Gasteiger partial charge in [-0.25, -0.2) is 0 Å². The van der Waals surface area contributed by atoms with Gasteiger partial charge in [0, 0.05) is 12.2 Å². The standard InChI is InChI=1S/C11H12ClN3O2S/c12-8-3-1-4-9(14)11(8)18(17)7-10(16)15-6-2-5-13/h1,3-4H,2,6-7,14H2,(H,15,16). The third-order valence-electron chi connectivity index (χ3n) is 2.05. The van der Waals surface area contributed by atoms with Gasteiger partial charge in [0.25, 0.3) is 0 Å². The Hall–Kier alpha value is -1.58. The van der Waals surface area contributed by atoms with Crippen molar-refractivity contribution < 1.29 is 9.00 Å². The highest BCUT2D eigenvalue weighted by molar-refractivity contribution is 7.86. The fraction of sp³-hybridized carbons (Fsp3) is 0.273. The summed E-state index contributed by atoms with van der Waals surface area (Å²) in [5.41, 5.74) is 5.96. The molecule has 1 rings (SSSR count). The lowest BCUT2D eigenvalue weighted by atomic mass is 10.3. The van der Waals surface area contributed by atoms with E-state index in [1.54, 1.807) is 18.2 Å². The van der Waals surface area contributed by atoms with E-state index in [0.717, 1.165) is 0 Å². The number of rotatable bonds is 5. The summed E-state index contributed by atoms with van der Waals surface area (Å²) in [4.78, 5) is 11.7. The second-order valence-electron chi connectivity index (χ2n) is 3.41. The summed E-state index contributed by atoms with van der Waals surface area (Å²) in [6, 6.07) is 6.68. The number of nitrogen functional groups attached to an aromatic ring is 1. The van der Waals surface area contributed by atoms with E-state index in [2.05, 4.69) is 5.32 Å². The van der Waals surface area contributed by atoms with E-state index in [4.69, 9.17) is 22.6 Å². The number of benzene rings is 1. The number of halogens is 1. The summed E-state index contributed by atoms with van der Waals surface area (Å²) in [6.45, 7) is 0.241. The van der Waals surface area contributed by atoms with Gasteiger partial charge in [-0.2, -0.15) is 5.26 Å². The third kappa shape index (κ3) is 4.02. The van der Waals surface area contributed by atoms with Crippen LogP contribution in [0.25, 0.3) is 0 Å². The Morgan fingerprint density at radius 2 is 2.28 bits per heavy atom. The number of nitriles is 1. The minimum absolute atomic E-state index is 0.215. The fourth-order valence-corrected chi connectivity index (χ4v) is 2.81. The Kier molecular flexibility index (Phi) is 5.62. The molecule has 1 amide bonds. The number of nitrogens with one attached hydrogen (secondary N) is 1. The molecule has 7 heteroatoms. The monoisotopic (exact) mass is 285 g/mol. The zero-order chi connectivity index (χ0) is 13.5. The van der Waals surface area contributed by atoms with Crippen molar-refractivity contribution in [3.63, 3.8) is 0 Å². The molecule has 0 aliphatic rings. The van der Waals surface area contributed by atoms with Gasteiger partial charge >= 0.3 is 0 Å². The first kappa shape index (κ1) is 14.5. The number of amides is 1. The zero-order valence-corrected chi connectivity index (χ0v) is 11.1. The number of carbonyl (C=O) groups is 1. The van der Waals surface area contributed by atoms with E-state index in [1.165, 1.54) is 0 Å². The van der Waals surface area contributed by atoms with Crippen LogP contribution in [0.5, 0.6) is 0 Å². The Bertz CT molecular complexity index is 493. The first-order valence-corrected chi connectivity index (χ1v) is 6.82. The van der Waals surface area contributed by atoms with E-state index in [9.17, 15) is 9.00 Å². The van der Waals surface area contributed by atoms with Crippen LogP contribution in [0.1, 0.15) is 6.42 Å². The summed E-state index contributed by atoms with van der Waals surface area (Å²) in [5, 5.41) is 11.1. The molecule has 0 saturated heterocycles. The van der Waals surface area contributed by atoms with Gasteiger partial charge < -0.3 is 11.1 Å². The molecule has 18 heavy (non-hydrogen) atoms.